The molecule has 0 saturated carbocycles. The summed E-state index contributed by atoms with van der Waals surface area (Å²) < 4.78 is -0.0656. The number of rotatable bonds is 8. The Morgan fingerprint density at radius 2 is 0.915 bits per heavy atom. The van der Waals surface area contributed by atoms with Gasteiger partial charge in [0.1, 0.15) is 0 Å². The molecule has 294 valence electrons. The highest BCUT2D eigenvalue weighted by molar-refractivity contribution is 6.99. The number of nitrogens with zero attached hydrogens (tertiary/aromatic N) is 2. The van der Waals surface area contributed by atoms with Crippen LogP contribution >= 0.6 is 0 Å². The zero-order valence-electron chi connectivity index (χ0n) is 36.4. The van der Waals surface area contributed by atoms with Crippen LogP contribution in [0.15, 0.2) is 158 Å². The summed E-state index contributed by atoms with van der Waals surface area (Å²) in [6.07, 6.45) is 0. The third kappa shape index (κ3) is 6.19. The van der Waals surface area contributed by atoms with Crippen LogP contribution in [0, 0.1) is 27.7 Å². The molecule has 9 rings (SSSR count). The monoisotopic (exact) mass is 800 g/mol. The Kier molecular flexibility index (Phi) is 9.37. The van der Waals surface area contributed by atoms with Crippen molar-refractivity contribution in [1.29, 1.82) is 0 Å². The third-order valence-electron chi connectivity index (χ3n) is 13.0. The van der Waals surface area contributed by atoms with Crippen LogP contribution in [0.2, 0.25) is 39.3 Å². The van der Waals surface area contributed by atoms with E-state index in [4.69, 9.17) is 0 Å². The molecule has 1 aliphatic carbocycles. The largest absolute Gasteiger partial charge is 0.310 e. The van der Waals surface area contributed by atoms with Crippen molar-refractivity contribution >= 4 is 71.8 Å². The van der Waals surface area contributed by atoms with Gasteiger partial charge in [-0.15, -0.1) is 0 Å². The molecule has 8 aromatic carbocycles. The fourth-order valence-corrected chi connectivity index (χ4v) is 23.9. The van der Waals surface area contributed by atoms with E-state index < -0.39 is 16.1 Å². The van der Waals surface area contributed by atoms with E-state index >= 15 is 0 Å². The number of hydrogen-bond donors (Lipinski definition) is 0. The minimum Gasteiger partial charge on any atom is -0.310 e. The highest BCUT2D eigenvalue weighted by atomic mass is 28.4. The van der Waals surface area contributed by atoms with Crippen molar-refractivity contribution in [3.05, 3.63) is 191 Å². The lowest BCUT2D eigenvalue weighted by atomic mass is 9.94. The van der Waals surface area contributed by atoms with Crippen LogP contribution in [-0.4, -0.2) is 16.1 Å². The Hall–Kier alpha value is -5.69. The van der Waals surface area contributed by atoms with E-state index in [2.05, 4.69) is 235 Å². The van der Waals surface area contributed by atoms with Crippen LogP contribution in [0.5, 0.6) is 0 Å². The zero-order valence-corrected chi connectivity index (χ0v) is 38.4. The van der Waals surface area contributed by atoms with Crippen LogP contribution in [0.25, 0.3) is 32.7 Å². The SMILES string of the molecule is Cc1ccc(C)c(N(c2ccccc2)c2ccc3cc4c(cc3c2)C([Si](C)(C)C)([Si](C)(C)C)c2cc(N(c3ccccc3)c3cc(C)ccc3C)c3ccccc3c2-4)c1. The molecule has 0 fully saturated rings. The summed E-state index contributed by atoms with van der Waals surface area (Å²) in [7, 11) is -4.09. The molecule has 0 saturated heterocycles. The minimum absolute atomic E-state index is 0.0656. The van der Waals surface area contributed by atoms with Gasteiger partial charge in [-0.3, -0.25) is 0 Å². The van der Waals surface area contributed by atoms with Crippen LogP contribution in [0.4, 0.5) is 34.1 Å². The molecule has 0 heterocycles. The number of aryl methyl sites for hydroxylation is 4. The highest BCUT2D eigenvalue weighted by Crippen LogP contribution is 2.62. The minimum atomic E-state index is -2.04. The van der Waals surface area contributed by atoms with Crippen molar-refractivity contribution in [2.45, 2.75) is 71.6 Å². The van der Waals surface area contributed by atoms with E-state index in [0.29, 0.717) is 0 Å². The lowest BCUT2D eigenvalue weighted by molar-refractivity contribution is 0.954. The van der Waals surface area contributed by atoms with E-state index in [1.54, 1.807) is 0 Å². The predicted molar refractivity (Wildman–Crippen MR) is 263 cm³/mol. The summed E-state index contributed by atoms with van der Waals surface area (Å²) in [5, 5.41) is 5.20. The second-order valence-electron chi connectivity index (χ2n) is 19.0. The van der Waals surface area contributed by atoms with Gasteiger partial charge in [0.2, 0.25) is 0 Å². The Balaban J connectivity index is 1.36. The summed E-state index contributed by atoms with van der Waals surface area (Å²) in [6, 6.07) is 59.7. The molecule has 4 heteroatoms. The number of benzene rings is 8. The fourth-order valence-electron chi connectivity index (χ4n) is 10.9. The molecular formula is C55H56N2Si2. The maximum absolute atomic E-state index is 2.65. The van der Waals surface area contributed by atoms with Crippen molar-refractivity contribution in [2.24, 2.45) is 0 Å². The summed E-state index contributed by atoms with van der Waals surface area (Å²) in [5.41, 5.74) is 18.2. The number of anilines is 6. The molecule has 59 heavy (non-hydrogen) atoms. The number of hydrogen-bond acceptors (Lipinski definition) is 2. The molecular weight excluding hydrogens is 745 g/mol. The van der Waals surface area contributed by atoms with Crippen molar-refractivity contribution in [3.8, 4) is 11.1 Å². The summed E-state index contributed by atoms with van der Waals surface area (Å²) in [6.45, 7) is 24.7. The molecule has 0 N–H and O–H groups in total. The van der Waals surface area contributed by atoms with Gasteiger partial charge >= 0.3 is 0 Å². The first kappa shape index (κ1) is 38.8. The van der Waals surface area contributed by atoms with Gasteiger partial charge in [0.05, 0.1) is 21.8 Å². The molecule has 0 aliphatic heterocycles. The quantitative estimate of drug-likeness (QED) is 0.141. The standard InChI is InChI=1S/C55H56N2Si2/c1-37-25-27-39(3)51(31-37)56(43-19-13-11-14-20-43)45-30-29-41-34-48-49(35-42(41)33-45)55(58(5,6)7,59(8,9)10)50-36-53(46-23-17-18-24-47(46)54(48)50)57(44-21-15-12-16-22-44)52-32-38(2)26-28-40(52)4/h11-36H,1-10H3. The molecule has 0 atom stereocenters. The zero-order chi connectivity index (χ0) is 41.4. The average Bonchev–Trinajstić information content (AvgIpc) is 3.51. The van der Waals surface area contributed by atoms with Crippen LogP contribution < -0.4 is 9.80 Å². The maximum Gasteiger partial charge on any atom is 0.0579 e. The molecule has 2 nitrogen and oxygen atoms in total. The second-order valence-corrected chi connectivity index (χ2v) is 30.0. The van der Waals surface area contributed by atoms with E-state index in [9.17, 15) is 0 Å². The number of fused-ring (bicyclic) bond motifs is 6. The lowest BCUT2D eigenvalue weighted by Crippen LogP contribution is -2.63. The number of para-hydroxylation sites is 2. The average molecular weight is 801 g/mol. The molecule has 0 amide bonds. The van der Waals surface area contributed by atoms with Gasteiger partial charge in [-0.2, -0.15) is 0 Å². The molecule has 0 spiro atoms. The summed E-state index contributed by atoms with van der Waals surface area (Å²) >= 11 is 0. The first-order valence-corrected chi connectivity index (χ1v) is 28.2. The first-order valence-electron chi connectivity index (χ1n) is 21.2. The Morgan fingerprint density at radius 1 is 0.390 bits per heavy atom. The van der Waals surface area contributed by atoms with E-state index in [1.165, 1.54) is 100 Å². The van der Waals surface area contributed by atoms with Crippen LogP contribution in [0.3, 0.4) is 0 Å². The molecule has 0 bridgehead atoms. The molecule has 0 aromatic heterocycles. The topological polar surface area (TPSA) is 6.48 Å². The smallest absolute Gasteiger partial charge is 0.0579 e. The maximum atomic E-state index is 2.65. The van der Waals surface area contributed by atoms with Gasteiger partial charge in [0, 0.05) is 38.5 Å². The van der Waals surface area contributed by atoms with E-state index in [1.807, 2.05) is 0 Å². The summed E-state index contributed by atoms with van der Waals surface area (Å²) in [4.78, 5) is 4.99. The Labute approximate surface area is 353 Å². The van der Waals surface area contributed by atoms with Crippen molar-refractivity contribution in [2.75, 3.05) is 9.80 Å². The normalized spacial score (nSPS) is 13.4. The predicted octanol–water partition coefficient (Wildman–Crippen LogP) is 16.2. The molecule has 0 radical (unpaired) electrons. The summed E-state index contributed by atoms with van der Waals surface area (Å²) in [5.74, 6) is 0. The lowest BCUT2D eigenvalue weighted by Gasteiger charge is -2.51. The van der Waals surface area contributed by atoms with Gasteiger partial charge in [0.25, 0.3) is 0 Å². The van der Waals surface area contributed by atoms with Gasteiger partial charge in [-0.1, -0.05) is 136 Å². The first-order chi connectivity index (χ1) is 28.2. The van der Waals surface area contributed by atoms with Crippen LogP contribution in [0.1, 0.15) is 33.4 Å². The van der Waals surface area contributed by atoms with Gasteiger partial charge in [0.15, 0.2) is 0 Å². The Bertz CT molecular complexity index is 2890. The molecule has 1 aliphatic rings. The molecule has 0 unspecified atom stereocenters. The van der Waals surface area contributed by atoms with Gasteiger partial charge in [-0.25, -0.2) is 0 Å². The van der Waals surface area contributed by atoms with E-state index in [-0.39, 0.29) is 4.66 Å². The van der Waals surface area contributed by atoms with Crippen molar-refractivity contribution in [1.82, 2.24) is 0 Å². The van der Waals surface area contributed by atoms with Crippen molar-refractivity contribution in [3.63, 3.8) is 0 Å². The van der Waals surface area contributed by atoms with Gasteiger partial charge < -0.3 is 9.80 Å². The van der Waals surface area contributed by atoms with Crippen molar-refractivity contribution < 1.29 is 0 Å². The highest BCUT2D eigenvalue weighted by Gasteiger charge is 2.59. The third-order valence-corrected chi connectivity index (χ3v) is 23.1. The van der Waals surface area contributed by atoms with Crippen LogP contribution in [-0.2, 0) is 4.66 Å². The Morgan fingerprint density at radius 3 is 1.49 bits per heavy atom. The van der Waals surface area contributed by atoms with E-state index in [0.717, 1.165) is 0 Å². The van der Waals surface area contributed by atoms with Gasteiger partial charge in [-0.05, 0) is 149 Å². The fraction of sp³-hybridized carbons (Fsp3) is 0.200. The molecule has 8 aromatic rings. The second kappa shape index (κ2) is 14.3.